The number of amides is 1. The molecular formula is C20H35N3O2. The van der Waals surface area contributed by atoms with Crippen LogP contribution in [0.3, 0.4) is 0 Å². The van der Waals surface area contributed by atoms with Crippen molar-refractivity contribution >= 4 is 5.91 Å². The second-order valence-electron chi connectivity index (χ2n) is 8.08. The molecule has 0 aromatic carbocycles. The molecular weight excluding hydrogens is 314 g/mol. The number of hydrogen-bond acceptors (Lipinski definition) is 4. The van der Waals surface area contributed by atoms with Gasteiger partial charge in [0.2, 0.25) is 5.91 Å². The smallest absolute Gasteiger partial charge is 0.241 e. The van der Waals surface area contributed by atoms with Crippen molar-refractivity contribution in [1.29, 1.82) is 0 Å². The van der Waals surface area contributed by atoms with Crippen molar-refractivity contribution in [2.75, 3.05) is 32.7 Å². The van der Waals surface area contributed by atoms with Crippen molar-refractivity contribution < 1.29 is 9.90 Å². The van der Waals surface area contributed by atoms with Crippen LogP contribution in [0, 0.1) is 0 Å². The first kappa shape index (κ1) is 18.9. The summed E-state index contributed by atoms with van der Waals surface area (Å²) >= 11 is 0. The predicted molar refractivity (Wildman–Crippen MR) is 100 cm³/mol. The lowest BCUT2D eigenvalue weighted by Crippen LogP contribution is -2.56. The Morgan fingerprint density at radius 1 is 1.36 bits per heavy atom. The molecule has 1 heterocycles. The molecule has 2 aliphatic carbocycles. The van der Waals surface area contributed by atoms with Crippen LogP contribution in [-0.4, -0.2) is 76.6 Å². The molecule has 2 fully saturated rings. The van der Waals surface area contributed by atoms with Gasteiger partial charge in [-0.1, -0.05) is 13.0 Å². The molecule has 0 radical (unpaired) electrons. The number of β-amino-alcohol motifs (C(OH)–C–C–N with tert-alkyl or cyclic N) is 1. The molecule has 1 saturated heterocycles. The molecule has 1 saturated carbocycles. The van der Waals surface area contributed by atoms with Gasteiger partial charge in [-0.25, -0.2) is 0 Å². The molecule has 0 bridgehead atoms. The number of carbonyl (C=O) groups excluding carboxylic acids is 1. The number of carbonyl (C=O) groups is 1. The van der Waals surface area contributed by atoms with E-state index in [0.29, 0.717) is 24.5 Å². The third-order valence-electron chi connectivity index (χ3n) is 5.77. The van der Waals surface area contributed by atoms with E-state index in [1.165, 1.54) is 31.4 Å². The van der Waals surface area contributed by atoms with Gasteiger partial charge < -0.3 is 10.0 Å². The molecule has 1 aliphatic heterocycles. The lowest BCUT2D eigenvalue weighted by Gasteiger charge is -2.42. The molecule has 0 aromatic rings. The first-order valence-corrected chi connectivity index (χ1v) is 10.2. The Balaban J connectivity index is 1.57. The number of nitrogens with zero attached hydrogens (tertiary/aromatic N) is 3. The highest BCUT2D eigenvalue weighted by Gasteiger charge is 2.36. The molecule has 1 N–H and O–H groups in total. The van der Waals surface area contributed by atoms with Crippen LogP contribution < -0.4 is 0 Å². The molecule has 5 nitrogen and oxygen atoms in total. The van der Waals surface area contributed by atoms with Gasteiger partial charge in [-0.05, 0) is 51.9 Å². The second-order valence-corrected chi connectivity index (χ2v) is 8.08. The minimum absolute atomic E-state index is 0.286. The molecule has 25 heavy (non-hydrogen) atoms. The average Bonchev–Trinajstić information content (AvgIpc) is 3.42. The van der Waals surface area contributed by atoms with Crippen LogP contribution in [-0.2, 0) is 4.79 Å². The number of hydrogen-bond donors (Lipinski definition) is 1. The fourth-order valence-corrected chi connectivity index (χ4v) is 4.31. The molecule has 0 aromatic heterocycles. The zero-order chi connectivity index (χ0) is 17.8. The van der Waals surface area contributed by atoms with E-state index in [9.17, 15) is 9.90 Å². The molecule has 5 heteroatoms. The van der Waals surface area contributed by atoms with Crippen LogP contribution in [0.2, 0.25) is 0 Å². The number of aliphatic hydroxyl groups is 1. The molecule has 3 rings (SSSR count). The van der Waals surface area contributed by atoms with Crippen molar-refractivity contribution in [3.8, 4) is 0 Å². The average molecular weight is 350 g/mol. The molecule has 3 aliphatic rings. The van der Waals surface area contributed by atoms with E-state index in [1.54, 1.807) is 0 Å². The number of allylic oxidation sites excluding steroid dienone is 2. The number of aliphatic hydroxyl groups excluding tert-OH is 1. The van der Waals surface area contributed by atoms with Gasteiger partial charge in [0, 0.05) is 44.0 Å². The summed E-state index contributed by atoms with van der Waals surface area (Å²) in [5, 5.41) is 9.69. The van der Waals surface area contributed by atoms with Gasteiger partial charge in [0.1, 0.15) is 0 Å². The SMILES string of the molecule is CCC1CN(CC(=O)N(C2=CCCCC2)C2CC2)CCN1CC(C)O. The van der Waals surface area contributed by atoms with E-state index in [1.807, 2.05) is 6.92 Å². The maximum absolute atomic E-state index is 13.0. The zero-order valence-corrected chi connectivity index (χ0v) is 16.0. The third-order valence-corrected chi connectivity index (χ3v) is 5.77. The minimum Gasteiger partial charge on any atom is -0.392 e. The van der Waals surface area contributed by atoms with E-state index < -0.39 is 0 Å². The summed E-state index contributed by atoms with van der Waals surface area (Å²) in [7, 11) is 0. The van der Waals surface area contributed by atoms with Gasteiger partial charge in [0.05, 0.1) is 12.6 Å². The quantitative estimate of drug-likeness (QED) is 0.765. The van der Waals surface area contributed by atoms with Crippen LogP contribution in [0.4, 0.5) is 0 Å². The van der Waals surface area contributed by atoms with Crippen LogP contribution in [0.25, 0.3) is 0 Å². The maximum atomic E-state index is 13.0. The highest BCUT2D eigenvalue weighted by atomic mass is 16.3. The minimum atomic E-state index is -0.286. The first-order valence-electron chi connectivity index (χ1n) is 10.2. The van der Waals surface area contributed by atoms with E-state index in [-0.39, 0.29) is 6.10 Å². The fraction of sp³-hybridized carbons (Fsp3) is 0.850. The normalized spacial score (nSPS) is 27.0. The van der Waals surface area contributed by atoms with Crippen molar-refractivity contribution in [2.45, 2.75) is 77.0 Å². The Labute approximate surface area is 152 Å². The summed E-state index contributed by atoms with van der Waals surface area (Å²) in [4.78, 5) is 19.9. The zero-order valence-electron chi connectivity index (χ0n) is 16.0. The summed E-state index contributed by atoms with van der Waals surface area (Å²) in [6.45, 7) is 8.15. The highest BCUT2D eigenvalue weighted by Crippen LogP contribution is 2.34. The van der Waals surface area contributed by atoms with E-state index in [4.69, 9.17) is 0 Å². The van der Waals surface area contributed by atoms with Crippen LogP contribution in [0.15, 0.2) is 11.8 Å². The van der Waals surface area contributed by atoms with Crippen LogP contribution >= 0.6 is 0 Å². The summed E-state index contributed by atoms with van der Waals surface area (Å²) in [5.74, 6) is 0.300. The van der Waals surface area contributed by atoms with E-state index >= 15 is 0 Å². The van der Waals surface area contributed by atoms with Crippen molar-refractivity contribution in [1.82, 2.24) is 14.7 Å². The Bertz CT molecular complexity index is 487. The summed E-state index contributed by atoms with van der Waals surface area (Å²) < 4.78 is 0. The summed E-state index contributed by atoms with van der Waals surface area (Å²) in [6, 6.07) is 0.912. The van der Waals surface area contributed by atoms with Crippen LogP contribution in [0.5, 0.6) is 0 Å². The Kier molecular flexibility index (Phi) is 6.53. The molecule has 2 atom stereocenters. The Morgan fingerprint density at radius 2 is 2.16 bits per heavy atom. The van der Waals surface area contributed by atoms with Crippen molar-refractivity contribution in [3.63, 3.8) is 0 Å². The van der Waals surface area contributed by atoms with Gasteiger partial charge in [0.25, 0.3) is 0 Å². The monoisotopic (exact) mass is 349 g/mol. The van der Waals surface area contributed by atoms with Crippen molar-refractivity contribution in [3.05, 3.63) is 11.8 Å². The van der Waals surface area contributed by atoms with Gasteiger partial charge in [-0.2, -0.15) is 0 Å². The third kappa shape index (κ3) is 5.05. The van der Waals surface area contributed by atoms with Gasteiger partial charge in [-0.3, -0.25) is 14.6 Å². The van der Waals surface area contributed by atoms with Gasteiger partial charge in [-0.15, -0.1) is 0 Å². The lowest BCUT2D eigenvalue weighted by atomic mass is 10.0. The number of piperazine rings is 1. The fourth-order valence-electron chi connectivity index (χ4n) is 4.31. The lowest BCUT2D eigenvalue weighted by molar-refractivity contribution is -0.132. The number of rotatable bonds is 7. The maximum Gasteiger partial charge on any atom is 0.241 e. The summed E-state index contributed by atoms with van der Waals surface area (Å²) in [6.07, 6.45) is 10.1. The molecule has 2 unspecified atom stereocenters. The first-order chi connectivity index (χ1) is 12.1. The molecule has 1 amide bonds. The topological polar surface area (TPSA) is 47.0 Å². The Hall–Kier alpha value is -0.910. The molecule has 142 valence electrons. The second kappa shape index (κ2) is 8.65. The van der Waals surface area contributed by atoms with E-state index in [0.717, 1.165) is 45.4 Å². The predicted octanol–water partition coefficient (Wildman–Crippen LogP) is 2.21. The Morgan fingerprint density at radius 3 is 2.76 bits per heavy atom. The van der Waals surface area contributed by atoms with Crippen LogP contribution in [0.1, 0.15) is 58.8 Å². The largest absolute Gasteiger partial charge is 0.392 e. The van der Waals surface area contributed by atoms with Gasteiger partial charge >= 0.3 is 0 Å². The van der Waals surface area contributed by atoms with Crippen molar-refractivity contribution in [2.24, 2.45) is 0 Å². The van der Waals surface area contributed by atoms with E-state index in [2.05, 4.69) is 27.7 Å². The standard InChI is InChI=1S/C20H35N3O2/c1-3-17-14-21(11-12-22(17)13-16(2)24)15-20(25)23(19-9-10-19)18-7-5-4-6-8-18/h7,16-17,19,24H,3-6,8-15H2,1-2H3. The highest BCUT2D eigenvalue weighted by molar-refractivity contribution is 5.80. The summed E-state index contributed by atoms with van der Waals surface area (Å²) in [5.41, 5.74) is 1.29. The molecule has 0 spiro atoms. The van der Waals surface area contributed by atoms with Gasteiger partial charge in [0.15, 0.2) is 0 Å².